The van der Waals surface area contributed by atoms with Gasteiger partial charge in [-0.2, -0.15) is 9.79 Å². The second-order valence-electron chi connectivity index (χ2n) is 1.86. The lowest BCUT2D eigenvalue weighted by atomic mass is 10.4. The fraction of sp³-hybridized carbons (Fsp3) is 1.00. The van der Waals surface area contributed by atoms with E-state index in [2.05, 4.69) is 0 Å². The molecule has 0 saturated heterocycles. The monoisotopic (exact) mass is 184 g/mol. The molecule has 2 N–H and O–H groups in total. The first-order valence-corrected chi connectivity index (χ1v) is 5.69. The average molecular weight is 184 g/mol. The van der Waals surface area contributed by atoms with Crippen LogP contribution in [0.1, 0.15) is 12.8 Å². The van der Waals surface area contributed by atoms with E-state index in [1.165, 1.54) is 0 Å². The summed E-state index contributed by atoms with van der Waals surface area (Å²) in [6.45, 7) is 0. The maximum atomic E-state index is 10.1. The van der Waals surface area contributed by atoms with Gasteiger partial charge in [-0.05, 0) is 22.0 Å². The lowest BCUT2D eigenvalue weighted by Crippen LogP contribution is -1.82. The van der Waals surface area contributed by atoms with Crippen molar-refractivity contribution in [1.29, 1.82) is 0 Å². The molecule has 0 aliphatic rings. The molecule has 0 aromatic carbocycles. The van der Waals surface area contributed by atoms with Gasteiger partial charge in [0.2, 0.25) is 0 Å². The van der Waals surface area contributed by atoms with Crippen LogP contribution in [0.25, 0.3) is 0 Å². The predicted molar refractivity (Wildman–Crippen MR) is 38.6 cm³/mol. The minimum absolute atomic E-state index is 0.235. The number of hydrogen-bond acceptors (Lipinski definition) is 2. The van der Waals surface area contributed by atoms with Crippen LogP contribution in [0.4, 0.5) is 0 Å². The summed E-state index contributed by atoms with van der Waals surface area (Å²) in [5, 5.41) is 0. The van der Waals surface area contributed by atoms with Gasteiger partial charge in [0.05, 0.1) is 0 Å². The highest BCUT2D eigenvalue weighted by atomic mass is 31.1. The summed E-state index contributed by atoms with van der Waals surface area (Å²) in [5.74, 6) is 0. The quantitative estimate of drug-likeness (QED) is 0.497. The lowest BCUT2D eigenvalue weighted by Gasteiger charge is -1.79. The fourth-order valence-corrected chi connectivity index (χ4v) is 1.48. The molecular weight excluding hydrogens is 174 g/mol. The highest BCUT2D eigenvalue weighted by Crippen LogP contribution is 2.19. The van der Waals surface area contributed by atoms with Gasteiger partial charge >= 0.3 is 16.1 Å². The second-order valence-corrected chi connectivity index (χ2v) is 4.16. The molecule has 58 valence electrons. The van der Waals surface area contributed by atoms with Crippen LogP contribution in [0, 0.1) is 0 Å². The van der Waals surface area contributed by atoms with Crippen molar-refractivity contribution in [3.8, 4) is 0 Å². The van der Waals surface area contributed by atoms with E-state index < -0.39 is 16.1 Å². The van der Waals surface area contributed by atoms with Crippen molar-refractivity contribution in [2.45, 2.75) is 12.8 Å². The van der Waals surface area contributed by atoms with Crippen LogP contribution in [0.2, 0.25) is 0 Å². The fourth-order valence-electron chi connectivity index (χ4n) is 0.494. The minimum atomic E-state index is -2.06. The van der Waals surface area contributed by atoms with Crippen LogP contribution in [-0.4, -0.2) is 22.1 Å². The molecule has 4 nitrogen and oxygen atoms in total. The molecule has 0 rings (SSSR count). The molecule has 0 saturated carbocycles. The molecule has 0 amide bonds. The molecule has 10 heavy (non-hydrogen) atoms. The van der Waals surface area contributed by atoms with Crippen LogP contribution in [-0.2, 0) is 9.13 Å². The molecule has 0 aliphatic carbocycles. The summed E-state index contributed by atoms with van der Waals surface area (Å²) in [4.78, 5) is 16.6. The third-order valence-electron chi connectivity index (χ3n) is 0.949. The van der Waals surface area contributed by atoms with E-state index in [1.54, 1.807) is 0 Å². The van der Waals surface area contributed by atoms with Crippen molar-refractivity contribution in [2.24, 2.45) is 0 Å². The van der Waals surface area contributed by atoms with Gasteiger partial charge in [0.15, 0.2) is 12.3 Å². The smallest absolute Gasteiger partial charge is 0.161 e. The molecule has 0 aromatic heterocycles. The predicted octanol–water partition coefficient (Wildman–Crippen LogP) is 1.24. The van der Waals surface area contributed by atoms with Crippen LogP contribution < -0.4 is 0 Å². The third-order valence-corrected chi connectivity index (χ3v) is 2.35. The van der Waals surface area contributed by atoms with Crippen molar-refractivity contribution < 1.29 is 18.9 Å². The summed E-state index contributed by atoms with van der Waals surface area (Å²) in [5.41, 5.74) is 0. The Labute approximate surface area is 61.0 Å². The van der Waals surface area contributed by atoms with Crippen molar-refractivity contribution >= 4 is 16.1 Å². The molecular formula is C4H10O4P2+2. The summed E-state index contributed by atoms with van der Waals surface area (Å²) in [7, 11) is -4.12. The Kier molecular flexibility index (Phi) is 5.94. The first kappa shape index (κ1) is 10.1. The summed E-state index contributed by atoms with van der Waals surface area (Å²) in [6.07, 6.45) is 1.57. The van der Waals surface area contributed by atoms with E-state index >= 15 is 0 Å². The van der Waals surface area contributed by atoms with Gasteiger partial charge in [-0.1, -0.05) is 0 Å². The Bertz CT molecular complexity index is 119. The van der Waals surface area contributed by atoms with Crippen LogP contribution in [0.15, 0.2) is 0 Å². The molecule has 0 radical (unpaired) electrons. The van der Waals surface area contributed by atoms with Crippen LogP contribution >= 0.6 is 16.1 Å². The largest absolute Gasteiger partial charge is 0.505 e. The molecule has 6 heteroatoms. The van der Waals surface area contributed by atoms with Crippen LogP contribution in [0.3, 0.4) is 0 Å². The zero-order valence-corrected chi connectivity index (χ0v) is 7.22. The first-order valence-electron chi connectivity index (χ1n) is 2.90. The van der Waals surface area contributed by atoms with E-state index in [-0.39, 0.29) is 12.3 Å². The maximum Gasteiger partial charge on any atom is 0.505 e. The number of hydrogen-bond donors (Lipinski definition) is 2. The van der Waals surface area contributed by atoms with Gasteiger partial charge in [0.25, 0.3) is 0 Å². The second kappa shape index (κ2) is 5.87. The van der Waals surface area contributed by atoms with E-state index in [0.29, 0.717) is 12.8 Å². The van der Waals surface area contributed by atoms with E-state index in [0.717, 1.165) is 0 Å². The normalized spacial score (nSPS) is 13.0. The van der Waals surface area contributed by atoms with Crippen molar-refractivity contribution in [1.82, 2.24) is 0 Å². The molecule has 2 unspecified atom stereocenters. The topological polar surface area (TPSA) is 74.6 Å². The standard InChI is InChI=1S/C4H8O4P2/c5-9(6)3-1-2-4-10(7)8/h1-4H2/p+2. The maximum absolute atomic E-state index is 10.1. The Balaban J connectivity index is 3.06. The van der Waals surface area contributed by atoms with Crippen molar-refractivity contribution in [3.63, 3.8) is 0 Å². The first-order chi connectivity index (χ1) is 4.63. The van der Waals surface area contributed by atoms with Gasteiger partial charge in [0.1, 0.15) is 0 Å². The lowest BCUT2D eigenvalue weighted by molar-refractivity contribution is 0.494. The van der Waals surface area contributed by atoms with Gasteiger partial charge in [-0.3, -0.25) is 0 Å². The molecule has 0 aliphatic heterocycles. The molecule has 0 spiro atoms. The molecule has 0 fully saturated rings. The zero-order valence-electron chi connectivity index (χ0n) is 5.43. The third kappa shape index (κ3) is 8.12. The summed E-state index contributed by atoms with van der Waals surface area (Å²) >= 11 is 0. The molecule has 0 bridgehead atoms. The molecule has 0 heterocycles. The summed E-state index contributed by atoms with van der Waals surface area (Å²) < 4.78 is 20.1. The Hall–Kier alpha value is 0.120. The van der Waals surface area contributed by atoms with E-state index in [4.69, 9.17) is 9.79 Å². The highest BCUT2D eigenvalue weighted by Gasteiger charge is 2.13. The summed E-state index contributed by atoms with van der Waals surface area (Å²) in [6, 6.07) is 0. The van der Waals surface area contributed by atoms with Crippen LogP contribution in [0.5, 0.6) is 0 Å². The number of rotatable bonds is 5. The molecule has 0 aromatic rings. The Morgan fingerprint density at radius 3 is 1.40 bits per heavy atom. The minimum Gasteiger partial charge on any atom is -0.161 e. The Morgan fingerprint density at radius 1 is 0.900 bits per heavy atom. The number of unbranched alkanes of at least 4 members (excludes halogenated alkanes) is 1. The SMILES string of the molecule is O=[P+](O)CCCC[P+](=O)O. The van der Waals surface area contributed by atoms with Crippen molar-refractivity contribution in [3.05, 3.63) is 0 Å². The van der Waals surface area contributed by atoms with Gasteiger partial charge in [-0.25, -0.2) is 0 Å². The van der Waals surface area contributed by atoms with E-state index in [1.807, 2.05) is 0 Å². The Morgan fingerprint density at radius 2 is 1.20 bits per heavy atom. The highest BCUT2D eigenvalue weighted by molar-refractivity contribution is 7.38. The van der Waals surface area contributed by atoms with Gasteiger partial charge in [0, 0.05) is 0 Å². The van der Waals surface area contributed by atoms with E-state index in [9.17, 15) is 9.13 Å². The van der Waals surface area contributed by atoms with Gasteiger partial charge in [-0.15, -0.1) is 0 Å². The zero-order chi connectivity index (χ0) is 7.98. The van der Waals surface area contributed by atoms with Gasteiger partial charge < -0.3 is 0 Å². The molecule has 2 atom stereocenters. The van der Waals surface area contributed by atoms with Crippen molar-refractivity contribution in [2.75, 3.05) is 12.3 Å². The average Bonchev–Trinajstić information content (AvgIpc) is 1.79.